The third-order valence-corrected chi connectivity index (χ3v) is 4.99. The fourth-order valence-electron chi connectivity index (χ4n) is 3.26. The molecule has 0 saturated carbocycles. The lowest BCUT2D eigenvalue weighted by molar-refractivity contribution is -0.288. The van der Waals surface area contributed by atoms with E-state index < -0.39 is 46.5 Å². The summed E-state index contributed by atoms with van der Waals surface area (Å²) in [5, 5.41) is 6.42. The fourth-order valence-corrected chi connectivity index (χ4v) is 3.26. The van der Waals surface area contributed by atoms with Crippen molar-refractivity contribution in [2.45, 2.75) is 31.1 Å². The van der Waals surface area contributed by atoms with Crippen molar-refractivity contribution in [2.24, 2.45) is 0 Å². The van der Waals surface area contributed by atoms with Crippen LogP contribution in [-0.2, 0) is 5.92 Å². The van der Waals surface area contributed by atoms with Crippen LogP contribution in [0.25, 0.3) is 34.3 Å². The van der Waals surface area contributed by atoms with E-state index in [2.05, 4.69) is 26.7 Å². The van der Waals surface area contributed by atoms with Crippen LogP contribution in [0.1, 0.15) is 29.8 Å². The minimum Gasteiger partial charge on any atom is -0.422 e. The van der Waals surface area contributed by atoms with E-state index >= 15 is 0 Å². The van der Waals surface area contributed by atoms with Crippen LogP contribution in [0.5, 0.6) is 0 Å². The van der Waals surface area contributed by atoms with E-state index in [-0.39, 0.29) is 29.0 Å². The Morgan fingerprint density at radius 1 is 1.06 bits per heavy atom. The van der Waals surface area contributed by atoms with Gasteiger partial charge in [0.15, 0.2) is 5.69 Å². The van der Waals surface area contributed by atoms with E-state index in [1.54, 1.807) is 0 Å². The Hall–Kier alpha value is -3.58. The molecule has 1 atom stereocenters. The van der Waals surface area contributed by atoms with Gasteiger partial charge in [0.25, 0.3) is 5.89 Å². The lowest BCUT2D eigenvalue weighted by Crippen LogP contribution is -2.34. The Bertz CT molecular complexity index is 1360. The molecule has 0 aliphatic rings. The van der Waals surface area contributed by atoms with Crippen molar-refractivity contribution in [3.05, 3.63) is 48.1 Å². The molecule has 0 amide bonds. The summed E-state index contributed by atoms with van der Waals surface area (Å²) < 4.78 is 115. The second-order valence-electron chi connectivity index (χ2n) is 6.99. The quantitative estimate of drug-likeness (QED) is 0.343. The molecule has 0 radical (unpaired) electrons. The first kappa shape index (κ1) is 22.6. The molecule has 4 aromatic rings. The molecular weight excluding hydrogens is 466 g/mol. The van der Waals surface area contributed by atoms with Crippen LogP contribution in [0.3, 0.4) is 0 Å². The zero-order chi connectivity index (χ0) is 24.3. The number of imidazole rings is 1. The molecule has 33 heavy (non-hydrogen) atoms. The van der Waals surface area contributed by atoms with Crippen LogP contribution >= 0.6 is 0 Å². The van der Waals surface area contributed by atoms with Gasteiger partial charge in [0.2, 0.25) is 6.39 Å². The molecule has 0 fully saturated rings. The van der Waals surface area contributed by atoms with Crippen molar-refractivity contribution < 1.29 is 39.5 Å². The minimum absolute atomic E-state index is 0.00885. The number of alkyl halides is 8. The molecule has 14 heteroatoms. The van der Waals surface area contributed by atoms with E-state index in [0.717, 1.165) is 29.0 Å². The molecule has 0 aliphatic carbocycles. The van der Waals surface area contributed by atoms with Gasteiger partial charge in [-0.1, -0.05) is 6.58 Å². The summed E-state index contributed by atoms with van der Waals surface area (Å²) in [6, 6.07) is 2.12. The van der Waals surface area contributed by atoms with Crippen LogP contribution < -0.4 is 0 Å². The van der Waals surface area contributed by atoms with Gasteiger partial charge in [-0.25, -0.2) is 9.97 Å². The van der Waals surface area contributed by atoms with E-state index in [4.69, 9.17) is 4.42 Å². The molecule has 0 bridgehead atoms. The summed E-state index contributed by atoms with van der Waals surface area (Å²) in [5.41, 5.74) is -3.36. The van der Waals surface area contributed by atoms with Gasteiger partial charge in [-0.15, -0.1) is 10.2 Å². The molecular formula is C19H11F8N5O. The van der Waals surface area contributed by atoms with Crippen LogP contribution in [0.15, 0.2) is 35.6 Å². The Balaban J connectivity index is 2.16. The number of aromatic nitrogens is 5. The second-order valence-corrected chi connectivity index (χ2v) is 6.99. The molecule has 4 rings (SSSR count). The predicted molar refractivity (Wildman–Crippen MR) is 98.3 cm³/mol. The van der Waals surface area contributed by atoms with Crippen LogP contribution in [0.2, 0.25) is 0 Å². The summed E-state index contributed by atoms with van der Waals surface area (Å²) in [7, 11) is 0. The summed E-state index contributed by atoms with van der Waals surface area (Å²) in [5.74, 6) is -8.04. The number of fused-ring (bicyclic) bond motifs is 3. The number of halogens is 8. The lowest BCUT2D eigenvalue weighted by atomic mass is 9.98. The highest BCUT2D eigenvalue weighted by Crippen LogP contribution is 2.47. The maximum atomic E-state index is 14.4. The largest absolute Gasteiger partial charge is 0.458 e. The highest BCUT2D eigenvalue weighted by Gasteiger charge is 2.59. The van der Waals surface area contributed by atoms with Gasteiger partial charge in [0, 0.05) is 10.9 Å². The fraction of sp³-hybridized carbons (Fsp3) is 0.263. The number of rotatable bonds is 4. The SMILES string of the molecule is C=Cc1c(-c2nnco2)nc2ccc3c(C(F)(F)C(F)(F)F)cc(C(C)C(F)(F)F)nc3n12. The molecule has 4 aromatic heterocycles. The van der Waals surface area contributed by atoms with Crippen LogP contribution in [0.4, 0.5) is 35.1 Å². The Kier molecular flexibility index (Phi) is 4.94. The zero-order valence-corrected chi connectivity index (χ0v) is 16.3. The highest BCUT2D eigenvalue weighted by atomic mass is 19.4. The molecule has 0 aliphatic heterocycles. The molecule has 1 unspecified atom stereocenters. The summed E-state index contributed by atoms with van der Waals surface area (Å²) in [4.78, 5) is 7.98. The smallest absolute Gasteiger partial charge is 0.422 e. The van der Waals surface area contributed by atoms with Crippen molar-refractivity contribution in [1.29, 1.82) is 0 Å². The highest BCUT2D eigenvalue weighted by molar-refractivity contribution is 5.86. The van der Waals surface area contributed by atoms with Gasteiger partial charge < -0.3 is 4.42 Å². The maximum Gasteiger partial charge on any atom is 0.458 e. The number of nitrogens with zero attached hydrogens (tertiary/aromatic N) is 5. The van der Waals surface area contributed by atoms with Crippen molar-refractivity contribution in [2.75, 3.05) is 0 Å². The molecule has 4 heterocycles. The molecule has 0 N–H and O–H groups in total. The predicted octanol–water partition coefficient (Wildman–Crippen LogP) is 5.90. The molecule has 0 saturated heterocycles. The van der Waals surface area contributed by atoms with Crippen molar-refractivity contribution in [1.82, 2.24) is 24.6 Å². The van der Waals surface area contributed by atoms with Gasteiger partial charge in [0.05, 0.1) is 17.3 Å². The normalized spacial score (nSPS) is 14.2. The topological polar surface area (TPSA) is 69.1 Å². The number of hydrogen-bond acceptors (Lipinski definition) is 5. The van der Waals surface area contributed by atoms with E-state index in [1.165, 1.54) is 0 Å². The van der Waals surface area contributed by atoms with E-state index in [0.29, 0.717) is 6.92 Å². The molecule has 0 aromatic carbocycles. The van der Waals surface area contributed by atoms with E-state index in [9.17, 15) is 35.1 Å². The molecule has 6 nitrogen and oxygen atoms in total. The van der Waals surface area contributed by atoms with Crippen molar-refractivity contribution >= 4 is 22.8 Å². The third-order valence-electron chi connectivity index (χ3n) is 4.99. The Morgan fingerprint density at radius 2 is 1.76 bits per heavy atom. The first-order valence-corrected chi connectivity index (χ1v) is 9.04. The molecule has 174 valence electrons. The second kappa shape index (κ2) is 7.22. The lowest BCUT2D eigenvalue weighted by Gasteiger charge is -2.24. The number of hydrogen-bond donors (Lipinski definition) is 0. The number of pyridine rings is 2. The van der Waals surface area contributed by atoms with Gasteiger partial charge >= 0.3 is 18.3 Å². The van der Waals surface area contributed by atoms with Gasteiger partial charge in [0.1, 0.15) is 11.3 Å². The van der Waals surface area contributed by atoms with Gasteiger partial charge in [-0.2, -0.15) is 35.1 Å². The summed E-state index contributed by atoms with van der Waals surface area (Å²) in [6.07, 6.45) is -8.90. The zero-order valence-electron chi connectivity index (χ0n) is 16.3. The Labute approximate surface area is 178 Å². The Morgan fingerprint density at radius 3 is 2.30 bits per heavy atom. The first-order valence-electron chi connectivity index (χ1n) is 9.04. The average Bonchev–Trinajstić information content (AvgIpc) is 3.37. The van der Waals surface area contributed by atoms with Gasteiger partial charge in [-0.05, 0) is 31.2 Å². The monoisotopic (exact) mass is 477 g/mol. The molecule has 0 spiro atoms. The van der Waals surface area contributed by atoms with Gasteiger partial charge in [-0.3, -0.25) is 4.40 Å². The summed E-state index contributed by atoms with van der Waals surface area (Å²) >= 11 is 0. The van der Waals surface area contributed by atoms with Crippen LogP contribution in [-0.4, -0.2) is 36.9 Å². The standard InChI is InChI=1S/C19H11F8N5O/c1-3-12-14(16-31-28-7-33-16)30-13-5-4-9-10(17(20,21)19(25,26)27)6-11(8(2)18(22,23)24)29-15(9)32(12)13/h3-8H,1H2,2H3. The van der Waals surface area contributed by atoms with Crippen LogP contribution in [0, 0.1) is 0 Å². The maximum absolute atomic E-state index is 14.4. The minimum atomic E-state index is -6.07. The van der Waals surface area contributed by atoms with E-state index in [1.807, 2.05) is 0 Å². The first-order chi connectivity index (χ1) is 15.3. The average molecular weight is 477 g/mol. The van der Waals surface area contributed by atoms with Crippen molar-refractivity contribution in [3.63, 3.8) is 0 Å². The summed E-state index contributed by atoms with van der Waals surface area (Å²) in [6.45, 7) is 4.16. The third kappa shape index (κ3) is 3.49. The van der Waals surface area contributed by atoms with Crippen molar-refractivity contribution in [3.8, 4) is 11.6 Å².